The normalized spacial score (nSPS) is 11.6. The maximum atomic E-state index is 3.63. The van der Waals surface area contributed by atoms with Crippen LogP contribution in [0.1, 0.15) is 0 Å². The third-order valence-electron chi connectivity index (χ3n) is 6.83. The maximum absolute atomic E-state index is 3.63. The Hall–Kier alpha value is -3.60. The lowest BCUT2D eigenvalue weighted by Crippen LogP contribution is -1.95. The summed E-state index contributed by atoms with van der Waals surface area (Å²) < 4.78 is 6.74. The highest BCUT2D eigenvalue weighted by atomic mass is 79.9. The van der Waals surface area contributed by atoms with Gasteiger partial charge in [-0.1, -0.05) is 74.3 Å². The Kier molecular flexibility index (Phi) is 5.12. The van der Waals surface area contributed by atoms with Gasteiger partial charge in [-0.2, -0.15) is 0 Å². The zero-order valence-electron chi connectivity index (χ0n) is 19.2. The van der Waals surface area contributed by atoms with Crippen molar-refractivity contribution in [2.24, 2.45) is 0 Å². The van der Waals surface area contributed by atoms with Crippen molar-refractivity contribution in [2.75, 3.05) is 0 Å². The monoisotopic (exact) mass is 590 g/mol. The molecule has 2 aromatic heterocycles. The van der Waals surface area contributed by atoms with Gasteiger partial charge in [0.15, 0.2) is 0 Å². The molecule has 7 aromatic rings. The van der Waals surface area contributed by atoms with Crippen molar-refractivity contribution >= 4 is 64.6 Å². The molecule has 0 unspecified atom stereocenters. The fourth-order valence-electron chi connectivity index (χ4n) is 5.23. The highest BCUT2D eigenvalue weighted by Gasteiger charge is 2.14. The van der Waals surface area contributed by atoms with Gasteiger partial charge < -0.3 is 9.13 Å². The zero-order valence-corrected chi connectivity index (χ0v) is 22.4. The predicted octanol–water partition coefficient (Wildman–Crippen LogP) is 9.92. The minimum atomic E-state index is 1.06. The standard InChI is InChI=1S/C32H20Br2N2/c33-24-16-23(17-25(34)20-24)21-10-12-32-29(19-21)28-8-4-5-9-31(28)36(32)27-11-13-30-22(18-27)14-15-35(30)26-6-2-1-3-7-26/h1-20H. The minimum absolute atomic E-state index is 1.06. The van der Waals surface area contributed by atoms with Gasteiger partial charge in [0, 0.05) is 42.7 Å². The Morgan fingerprint density at radius 3 is 2.03 bits per heavy atom. The van der Waals surface area contributed by atoms with Crippen molar-refractivity contribution in [3.63, 3.8) is 0 Å². The first kappa shape index (κ1) is 21.7. The van der Waals surface area contributed by atoms with Gasteiger partial charge in [0.1, 0.15) is 0 Å². The molecule has 0 aliphatic rings. The molecular formula is C32H20Br2N2. The van der Waals surface area contributed by atoms with E-state index in [0.717, 1.165) is 14.6 Å². The largest absolute Gasteiger partial charge is 0.317 e. The minimum Gasteiger partial charge on any atom is -0.317 e. The van der Waals surface area contributed by atoms with Crippen LogP contribution in [0.3, 0.4) is 0 Å². The number of benzene rings is 5. The molecule has 0 spiro atoms. The molecule has 2 nitrogen and oxygen atoms in total. The summed E-state index contributed by atoms with van der Waals surface area (Å²) in [5.74, 6) is 0. The van der Waals surface area contributed by atoms with E-state index in [1.165, 1.54) is 49.5 Å². The first-order valence-electron chi connectivity index (χ1n) is 11.8. The number of aromatic nitrogens is 2. The van der Waals surface area contributed by atoms with E-state index in [1.54, 1.807) is 0 Å². The van der Waals surface area contributed by atoms with Crippen LogP contribution in [-0.2, 0) is 0 Å². The van der Waals surface area contributed by atoms with Crippen LogP contribution in [0.25, 0.3) is 55.2 Å². The number of para-hydroxylation sites is 2. The fourth-order valence-corrected chi connectivity index (χ4v) is 6.53. The second kappa shape index (κ2) is 8.51. The molecule has 0 radical (unpaired) electrons. The van der Waals surface area contributed by atoms with Crippen molar-refractivity contribution in [3.05, 3.63) is 130 Å². The van der Waals surface area contributed by atoms with Crippen molar-refractivity contribution in [1.29, 1.82) is 0 Å². The van der Waals surface area contributed by atoms with Crippen molar-refractivity contribution < 1.29 is 0 Å². The van der Waals surface area contributed by atoms with Crippen LogP contribution >= 0.6 is 31.9 Å². The Morgan fingerprint density at radius 2 is 1.19 bits per heavy atom. The van der Waals surface area contributed by atoms with E-state index in [1.807, 2.05) is 0 Å². The Morgan fingerprint density at radius 1 is 0.472 bits per heavy atom. The molecular weight excluding hydrogens is 572 g/mol. The van der Waals surface area contributed by atoms with Crippen LogP contribution in [0.15, 0.2) is 130 Å². The van der Waals surface area contributed by atoms with Crippen LogP contribution in [0.2, 0.25) is 0 Å². The molecule has 0 N–H and O–H groups in total. The van der Waals surface area contributed by atoms with Gasteiger partial charge >= 0.3 is 0 Å². The molecule has 0 atom stereocenters. The van der Waals surface area contributed by atoms with Gasteiger partial charge in [0.05, 0.1) is 16.6 Å². The summed E-state index contributed by atoms with van der Waals surface area (Å²) in [5, 5.41) is 3.73. The SMILES string of the molecule is Brc1cc(Br)cc(-c2ccc3c(c2)c2ccccc2n3-c2ccc3c(ccn3-c3ccccc3)c2)c1. The highest BCUT2D eigenvalue weighted by molar-refractivity contribution is 9.11. The fraction of sp³-hybridized carbons (Fsp3) is 0. The van der Waals surface area contributed by atoms with Crippen LogP contribution in [-0.4, -0.2) is 9.13 Å². The van der Waals surface area contributed by atoms with E-state index in [0.29, 0.717) is 0 Å². The molecule has 0 fully saturated rings. The summed E-state index contributed by atoms with van der Waals surface area (Å²) in [6.07, 6.45) is 2.15. The topological polar surface area (TPSA) is 9.86 Å². The molecule has 0 amide bonds. The number of nitrogens with zero attached hydrogens (tertiary/aromatic N) is 2. The molecule has 0 bridgehead atoms. The first-order valence-corrected chi connectivity index (χ1v) is 13.4. The summed E-state index contributed by atoms with van der Waals surface area (Å²) in [7, 11) is 0. The maximum Gasteiger partial charge on any atom is 0.0541 e. The molecule has 0 saturated carbocycles. The highest BCUT2D eigenvalue weighted by Crippen LogP contribution is 2.37. The van der Waals surface area contributed by atoms with Gasteiger partial charge in [-0.15, -0.1) is 0 Å². The molecule has 0 aliphatic heterocycles. The van der Waals surface area contributed by atoms with Crippen LogP contribution in [0.5, 0.6) is 0 Å². The summed E-state index contributed by atoms with van der Waals surface area (Å²) in [6, 6.07) is 41.3. The quantitative estimate of drug-likeness (QED) is 0.193. The van der Waals surface area contributed by atoms with E-state index >= 15 is 0 Å². The number of halogens is 2. The molecule has 0 aliphatic carbocycles. The Balaban J connectivity index is 1.43. The van der Waals surface area contributed by atoms with Gasteiger partial charge in [0.2, 0.25) is 0 Å². The van der Waals surface area contributed by atoms with E-state index in [9.17, 15) is 0 Å². The molecule has 0 saturated heterocycles. The van der Waals surface area contributed by atoms with Gasteiger partial charge in [-0.05, 0) is 83.9 Å². The van der Waals surface area contributed by atoms with Crippen molar-refractivity contribution in [1.82, 2.24) is 9.13 Å². The molecule has 5 aromatic carbocycles. The van der Waals surface area contributed by atoms with E-state index in [-0.39, 0.29) is 0 Å². The Bertz CT molecular complexity index is 1890. The third kappa shape index (κ3) is 3.52. The zero-order chi connectivity index (χ0) is 24.2. The lowest BCUT2D eigenvalue weighted by atomic mass is 10.0. The van der Waals surface area contributed by atoms with Gasteiger partial charge in [-0.25, -0.2) is 0 Å². The molecule has 2 heterocycles. The van der Waals surface area contributed by atoms with Crippen LogP contribution < -0.4 is 0 Å². The van der Waals surface area contributed by atoms with Crippen molar-refractivity contribution in [3.8, 4) is 22.5 Å². The number of rotatable bonds is 3. The van der Waals surface area contributed by atoms with Crippen LogP contribution in [0, 0.1) is 0 Å². The lowest BCUT2D eigenvalue weighted by Gasteiger charge is -2.10. The number of hydrogen-bond donors (Lipinski definition) is 0. The lowest BCUT2D eigenvalue weighted by molar-refractivity contribution is 1.12. The van der Waals surface area contributed by atoms with Gasteiger partial charge in [0.25, 0.3) is 0 Å². The Labute approximate surface area is 225 Å². The second-order valence-electron chi connectivity index (χ2n) is 9.01. The van der Waals surface area contributed by atoms with Crippen molar-refractivity contribution in [2.45, 2.75) is 0 Å². The smallest absolute Gasteiger partial charge is 0.0541 e. The summed E-state index contributed by atoms with van der Waals surface area (Å²) >= 11 is 7.27. The molecule has 172 valence electrons. The van der Waals surface area contributed by atoms with E-state index in [4.69, 9.17) is 0 Å². The third-order valence-corrected chi connectivity index (χ3v) is 7.75. The van der Waals surface area contributed by atoms with E-state index < -0.39 is 0 Å². The molecule has 36 heavy (non-hydrogen) atoms. The number of hydrogen-bond acceptors (Lipinski definition) is 0. The van der Waals surface area contributed by atoms with Gasteiger partial charge in [-0.3, -0.25) is 0 Å². The van der Waals surface area contributed by atoms with Crippen LogP contribution in [0.4, 0.5) is 0 Å². The number of fused-ring (bicyclic) bond motifs is 4. The summed E-state index contributed by atoms with van der Waals surface area (Å²) in [5.41, 5.74) is 8.33. The van der Waals surface area contributed by atoms with E-state index in [2.05, 4.69) is 162 Å². The molecule has 4 heteroatoms. The average Bonchev–Trinajstić information content (AvgIpc) is 3.47. The summed E-state index contributed by atoms with van der Waals surface area (Å²) in [6.45, 7) is 0. The summed E-state index contributed by atoms with van der Waals surface area (Å²) in [4.78, 5) is 0. The average molecular weight is 592 g/mol. The second-order valence-corrected chi connectivity index (χ2v) is 10.8. The predicted molar refractivity (Wildman–Crippen MR) is 158 cm³/mol. The molecule has 7 rings (SSSR count). The first-order chi connectivity index (χ1) is 17.7.